The van der Waals surface area contributed by atoms with Gasteiger partial charge in [-0.1, -0.05) is 5.92 Å². The fourth-order valence-corrected chi connectivity index (χ4v) is 1.23. The summed E-state index contributed by atoms with van der Waals surface area (Å²) in [4.78, 5) is 14.8. The Labute approximate surface area is 93.3 Å². The van der Waals surface area contributed by atoms with E-state index in [2.05, 4.69) is 16.8 Å². The number of hydrogen-bond donors (Lipinski definition) is 1. The van der Waals surface area contributed by atoms with Gasteiger partial charge in [0.15, 0.2) is 0 Å². The van der Waals surface area contributed by atoms with E-state index in [-0.39, 0.29) is 11.4 Å². The average molecular weight is 217 g/mol. The van der Waals surface area contributed by atoms with Crippen molar-refractivity contribution < 1.29 is 14.6 Å². The Balaban J connectivity index is 2.29. The zero-order chi connectivity index (χ0) is 11.5. The second kappa shape index (κ2) is 4.23. The van der Waals surface area contributed by atoms with E-state index in [1.807, 2.05) is 0 Å². The van der Waals surface area contributed by atoms with Crippen molar-refractivity contribution in [1.29, 1.82) is 0 Å². The number of nitrogens with zero attached hydrogens (tertiary/aromatic N) is 1. The van der Waals surface area contributed by atoms with Gasteiger partial charge in [-0.05, 0) is 30.9 Å². The molecule has 4 nitrogen and oxygen atoms in total. The summed E-state index contributed by atoms with van der Waals surface area (Å²) in [5.41, 5.74) is 0.605. The van der Waals surface area contributed by atoms with Crippen LogP contribution in [-0.4, -0.2) is 23.2 Å². The molecule has 82 valence electrons. The first-order chi connectivity index (χ1) is 7.70. The molecule has 0 atom stereocenters. The minimum atomic E-state index is -1.05. The fraction of sp³-hybridized carbons (Fsp3) is 0.333. The van der Waals surface area contributed by atoms with Crippen LogP contribution < -0.4 is 4.74 Å². The molecule has 2 rings (SSSR count). The van der Waals surface area contributed by atoms with E-state index >= 15 is 0 Å². The summed E-state index contributed by atoms with van der Waals surface area (Å²) in [6, 6.07) is 3.06. The van der Waals surface area contributed by atoms with Gasteiger partial charge in [-0.25, -0.2) is 9.78 Å². The molecule has 1 aromatic rings. The molecule has 0 unspecified atom stereocenters. The highest BCUT2D eigenvalue weighted by atomic mass is 16.5. The Morgan fingerprint density at radius 1 is 1.56 bits per heavy atom. The van der Waals surface area contributed by atoms with E-state index in [0.717, 1.165) is 12.8 Å². The number of carboxylic acids is 1. The van der Waals surface area contributed by atoms with Crippen molar-refractivity contribution in [3.8, 4) is 17.7 Å². The number of aromatic carboxylic acids is 1. The zero-order valence-corrected chi connectivity index (χ0v) is 8.86. The number of carboxylic acid groups (broad SMARTS) is 1. The number of ether oxygens (including phenoxy) is 1. The lowest BCUT2D eigenvalue weighted by Crippen LogP contribution is -2.03. The smallest absolute Gasteiger partial charge is 0.341 e. The molecule has 0 radical (unpaired) electrons. The molecule has 1 N–H and O–H groups in total. The molecule has 16 heavy (non-hydrogen) atoms. The number of rotatable bonds is 2. The van der Waals surface area contributed by atoms with Crippen molar-refractivity contribution in [2.45, 2.75) is 12.8 Å². The van der Waals surface area contributed by atoms with Crippen molar-refractivity contribution in [1.82, 2.24) is 4.98 Å². The summed E-state index contributed by atoms with van der Waals surface area (Å²) in [6.07, 6.45) is 2.30. The van der Waals surface area contributed by atoms with Gasteiger partial charge in [-0.2, -0.15) is 0 Å². The third-order valence-electron chi connectivity index (χ3n) is 2.27. The second-order valence-electron chi connectivity index (χ2n) is 3.60. The Bertz CT molecular complexity index is 481. The average Bonchev–Trinajstić information content (AvgIpc) is 3.09. The maximum absolute atomic E-state index is 10.8. The Morgan fingerprint density at radius 2 is 2.31 bits per heavy atom. The van der Waals surface area contributed by atoms with Crippen LogP contribution in [0.3, 0.4) is 0 Å². The molecule has 1 aromatic heterocycles. The second-order valence-corrected chi connectivity index (χ2v) is 3.60. The summed E-state index contributed by atoms with van der Waals surface area (Å²) in [5, 5.41) is 8.86. The number of carbonyl (C=O) groups is 1. The molecule has 0 aromatic carbocycles. The first kappa shape index (κ1) is 10.5. The van der Waals surface area contributed by atoms with Gasteiger partial charge in [0.05, 0.1) is 7.11 Å². The van der Waals surface area contributed by atoms with Gasteiger partial charge in [0.2, 0.25) is 5.88 Å². The number of aromatic nitrogens is 1. The molecule has 0 bridgehead atoms. The molecular weight excluding hydrogens is 206 g/mol. The van der Waals surface area contributed by atoms with Crippen LogP contribution >= 0.6 is 0 Å². The predicted octanol–water partition coefficient (Wildman–Crippen LogP) is 1.55. The first-order valence-corrected chi connectivity index (χ1v) is 5.00. The van der Waals surface area contributed by atoms with Gasteiger partial charge in [0, 0.05) is 5.92 Å². The lowest BCUT2D eigenvalue weighted by molar-refractivity contribution is 0.0692. The van der Waals surface area contributed by atoms with Crippen LogP contribution in [0.2, 0.25) is 0 Å². The Morgan fingerprint density at radius 3 is 2.88 bits per heavy atom. The highest BCUT2D eigenvalue weighted by Crippen LogP contribution is 2.27. The SMILES string of the molecule is COc1nc(C#CC2CC2)ccc1C(=O)O. The maximum Gasteiger partial charge on any atom is 0.341 e. The molecule has 0 saturated heterocycles. The molecule has 0 amide bonds. The van der Waals surface area contributed by atoms with Crippen LogP contribution in [0.4, 0.5) is 0 Å². The molecule has 1 saturated carbocycles. The molecule has 4 heteroatoms. The van der Waals surface area contributed by atoms with Gasteiger partial charge in [0.1, 0.15) is 11.3 Å². The predicted molar refractivity (Wildman–Crippen MR) is 57.4 cm³/mol. The van der Waals surface area contributed by atoms with Gasteiger partial charge in [-0.3, -0.25) is 0 Å². The summed E-state index contributed by atoms with van der Waals surface area (Å²) >= 11 is 0. The lowest BCUT2D eigenvalue weighted by atomic mass is 10.2. The van der Waals surface area contributed by atoms with Crippen molar-refractivity contribution in [2.24, 2.45) is 5.92 Å². The topological polar surface area (TPSA) is 59.4 Å². The van der Waals surface area contributed by atoms with Gasteiger partial charge in [-0.15, -0.1) is 0 Å². The van der Waals surface area contributed by atoms with Crippen LogP contribution in [0.15, 0.2) is 12.1 Å². The zero-order valence-electron chi connectivity index (χ0n) is 8.86. The lowest BCUT2D eigenvalue weighted by Gasteiger charge is -2.02. The summed E-state index contributed by atoms with van der Waals surface area (Å²) in [7, 11) is 1.40. The Kier molecular flexibility index (Phi) is 2.78. The molecular formula is C12H11NO3. The van der Waals surface area contributed by atoms with Crippen molar-refractivity contribution in [3.05, 3.63) is 23.4 Å². The largest absolute Gasteiger partial charge is 0.480 e. The number of hydrogen-bond acceptors (Lipinski definition) is 3. The van der Waals surface area contributed by atoms with Crippen molar-refractivity contribution in [2.75, 3.05) is 7.11 Å². The van der Waals surface area contributed by atoms with Gasteiger partial charge in [0.25, 0.3) is 0 Å². The Hall–Kier alpha value is -2.02. The number of methoxy groups -OCH3 is 1. The molecule has 1 aliphatic rings. The van der Waals surface area contributed by atoms with Crippen LogP contribution in [0.5, 0.6) is 5.88 Å². The number of pyridine rings is 1. The fourth-order valence-electron chi connectivity index (χ4n) is 1.23. The minimum absolute atomic E-state index is 0.0551. The van der Waals surface area contributed by atoms with E-state index in [0.29, 0.717) is 11.6 Å². The van der Waals surface area contributed by atoms with E-state index in [1.165, 1.54) is 13.2 Å². The first-order valence-electron chi connectivity index (χ1n) is 5.00. The quantitative estimate of drug-likeness (QED) is 0.763. The summed E-state index contributed by atoms with van der Waals surface area (Å²) in [6.45, 7) is 0. The van der Waals surface area contributed by atoms with E-state index in [4.69, 9.17) is 9.84 Å². The standard InChI is InChI=1S/C12H11NO3/c1-16-11-10(12(14)15)7-6-9(13-11)5-4-8-2-3-8/h6-8H,2-3H2,1H3,(H,14,15). The highest BCUT2D eigenvalue weighted by Gasteiger charge is 2.18. The molecule has 0 spiro atoms. The van der Waals surface area contributed by atoms with Crippen molar-refractivity contribution in [3.63, 3.8) is 0 Å². The normalized spacial score (nSPS) is 13.8. The van der Waals surface area contributed by atoms with Crippen LogP contribution in [0.1, 0.15) is 28.9 Å². The van der Waals surface area contributed by atoms with Crippen molar-refractivity contribution >= 4 is 5.97 Å². The molecule has 1 aliphatic carbocycles. The molecule has 1 fully saturated rings. The summed E-state index contributed by atoms with van der Waals surface area (Å²) < 4.78 is 4.91. The van der Waals surface area contributed by atoms with Crippen LogP contribution in [0.25, 0.3) is 0 Å². The monoisotopic (exact) mass is 217 g/mol. The van der Waals surface area contributed by atoms with E-state index in [9.17, 15) is 4.79 Å². The van der Waals surface area contributed by atoms with Crippen LogP contribution in [-0.2, 0) is 0 Å². The molecule has 0 aliphatic heterocycles. The minimum Gasteiger partial charge on any atom is -0.480 e. The van der Waals surface area contributed by atoms with Gasteiger partial charge < -0.3 is 9.84 Å². The molecule has 1 heterocycles. The summed E-state index contributed by atoms with van der Waals surface area (Å²) in [5.74, 6) is 5.52. The third kappa shape index (κ3) is 2.31. The maximum atomic E-state index is 10.8. The van der Waals surface area contributed by atoms with E-state index < -0.39 is 5.97 Å². The third-order valence-corrected chi connectivity index (χ3v) is 2.27. The van der Waals surface area contributed by atoms with Crippen LogP contribution in [0, 0.1) is 17.8 Å². The highest BCUT2D eigenvalue weighted by molar-refractivity contribution is 5.90. The van der Waals surface area contributed by atoms with Gasteiger partial charge >= 0.3 is 5.97 Å². The van der Waals surface area contributed by atoms with E-state index in [1.54, 1.807) is 6.07 Å².